The van der Waals surface area contributed by atoms with Crippen LogP contribution < -0.4 is 5.32 Å². The average molecular weight is 315 g/mol. The molecule has 21 heavy (non-hydrogen) atoms. The SMILES string of the molecule is O=C(/C=C/c1nc2ccccc2s1)Nc1cccc(Cl)c1. The third-order valence-electron chi connectivity index (χ3n) is 2.78. The lowest BCUT2D eigenvalue weighted by atomic mass is 10.3. The van der Waals surface area contributed by atoms with Crippen LogP contribution in [0, 0.1) is 0 Å². The predicted octanol–water partition coefficient (Wildman–Crippen LogP) is 4.60. The summed E-state index contributed by atoms with van der Waals surface area (Å²) >= 11 is 7.42. The second-order valence-electron chi connectivity index (χ2n) is 4.35. The van der Waals surface area contributed by atoms with Crippen molar-refractivity contribution < 1.29 is 4.79 Å². The highest BCUT2D eigenvalue weighted by Gasteiger charge is 2.02. The first-order valence-electron chi connectivity index (χ1n) is 6.31. The van der Waals surface area contributed by atoms with Gasteiger partial charge < -0.3 is 5.32 Å². The summed E-state index contributed by atoms with van der Waals surface area (Å²) in [5.41, 5.74) is 1.61. The number of para-hydroxylation sites is 1. The lowest BCUT2D eigenvalue weighted by molar-refractivity contribution is -0.111. The minimum atomic E-state index is -0.212. The summed E-state index contributed by atoms with van der Waals surface area (Å²) in [6, 6.07) is 14.9. The molecule has 1 heterocycles. The molecule has 0 spiro atoms. The van der Waals surface area contributed by atoms with E-state index in [2.05, 4.69) is 10.3 Å². The summed E-state index contributed by atoms with van der Waals surface area (Å²) in [4.78, 5) is 16.3. The van der Waals surface area contributed by atoms with Gasteiger partial charge in [-0.05, 0) is 36.4 Å². The highest BCUT2D eigenvalue weighted by Crippen LogP contribution is 2.22. The van der Waals surface area contributed by atoms with Gasteiger partial charge >= 0.3 is 0 Å². The number of thiazole rings is 1. The van der Waals surface area contributed by atoms with Crippen LogP contribution in [0.2, 0.25) is 5.02 Å². The molecule has 1 aromatic heterocycles. The van der Waals surface area contributed by atoms with Gasteiger partial charge in [0.05, 0.1) is 10.2 Å². The number of carbonyl (C=O) groups excluding carboxylic acids is 1. The number of halogens is 1. The highest BCUT2D eigenvalue weighted by molar-refractivity contribution is 7.19. The highest BCUT2D eigenvalue weighted by atomic mass is 35.5. The molecule has 1 N–H and O–H groups in total. The average Bonchev–Trinajstić information content (AvgIpc) is 2.88. The Labute approximate surface area is 130 Å². The second-order valence-corrected chi connectivity index (χ2v) is 5.85. The van der Waals surface area contributed by atoms with Crippen molar-refractivity contribution in [2.75, 3.05) is 5.32 Å². The van der Waals surface area contributed by atoms with E-state index in [1.807, 2.05) is 24.3 Å². The zero-order valence-electron chi connectivity index (χ0n) is 10.9. The molecule has 0 atom stereocenters. The zero-order valence-corrected chi connectivity index (χ0v) is 12.5. The number of hydrogen-bond donors (Lipinski definition) is 1. The van der Waals surface area contributed by atoms with E-state index in [1.165, 1.54) is 6.08 Å². The molecule has 0 radical (unpaired) electrons. The van der Waals surface area contributed by atoms with Gasteiger partial charge in [-0.3, -0.25) is 4.79 Å². The maximum atomic E-state index is 11.8. The third-order valence-corrected chi connectivity index (χ3v) is 4.02. The molecule has 0 saturated carbocycles. The van der Waals surface area contributed by atoms with Gasteiger partial charge in [0.25, 0.3) is 0 Å². The van der Waals surface area contributed by atoms with Crippen LogP contribution in [0.4, 0.5) is 5.69 Å². The smallest absolute Gasteiger partial charge is 0.248 e. The summed E-state index contributed by atoms with van der Waals surface area (Å²) < 4.78 is 1.10. The summed E-state index contributed by atoms with van der Waals surface area (Å²) in [6.45, 7) is 0. The molecule has 2 aromatic carbocycles. The van der Waals surface area contributed by atoms with Crippen LogP contribution in [0.15, 0.2) is 54.6 Å². The molecular formula is C16H11ClN2OS. The maximum Gasteiger partial charge on any atom is 0.248 e. The van der Waals surface area contributed by atoms with Crippen molar-refractivity contribution in [3.63, 3.8) is 0 Å². The van der Waals surface area contributed by atoms with E-state index in [1.54, 1.807) is 41.7 Å². The minimum absolute atomic E-state index is 0.212. The van der Waals surface area contributed by atoms with Gasteiger partial charge in [0.15, 0.2) is 0 Å². The second kappa shape index (κ2) is 6.08. The number of fused-ring (bicyclic) bond motifs is 1. The Bertz CT molecular complexity index is 793. The van der Waals surface area contributed by atoms with Crippen LogP contribution in [-0.2, 0) is 4.79 Å². The van der Waals surface area contributed by atoms with Crippen molar-refractivity contribution in [2.45, 2.75) is 0 Å². The lowest BCUT2D eigenvalue weighted by Crippen LogP contribution is -2.07. The molecule has 0 unspecified atom stereocenters. The molecule has 3 aromatic rings. The van der Waals surface area contributed by atoms with E-state index in [4.69, 9.17) is 11.6 Å². The van der Waals surface area contributed by atoms with Gasteiger partial charge in [-0.15, -0.1) is 11.3 Å². The molecule has 1 amide bonds. The van der Waals surface area contributed by atoms with Crippen LogP contribution in [0.25, 0.3) is 16.3 Å². The molecule has 0 aliphatic heterocycles. The molecular weight excluding hydrogens is 304 g/mol. The van der Waals surface area contributed by atoms with Crippen molar-refractivity contribution >= 4 is 50.8 Å². The van der Waals surface area contributed by atoms with Crippen LogP contribution in [-0.4, -0.2) is 10.9 Å². The van der Waals surface area contributed by atoms with Gasteiger partial charge in [-0.1, -0.05) is 29.8 Å². The van der Waals surface area contributed by atoms with Crippen molar-refractivity contribution in [3.05, 3.63) is 64.6 Å². The zero-order chi connectivity index (χ0) is 14.7. The Kier molecular flexibility index (Phi) is 3.99. The Morgan fingerprint density at radius 2 is 2.05 bits per heavy atom. The number of nitrogens with one attached hydrogen (secondary N) is 1. The number of anilines is 1. The monoisotopic (exact) mass is 314 g/mol. The fourth-order valence-electron chi connectivity index (χ4n) is 1.86. The number of hydrogen-bond acceptors (Lipinski definition) is 3. The summed E-state index contributed by atoms with van der Waals surface area (Å²) in [5.74, 6) is -0.212. The van der Waals surface area contributed by atoms with Crippen LogP contribution >= 0.6 is 22.9 Å². The quantitative estimate of drug-likeness (QED) is 0.718. The van der Waals surface area contributed by atoms with E-state index in [-0.39, 0.29) is 5.91 Å². The van der Waals surface area contributed by atoms with Crippen molar-refractivity contribution in [1.82, 2.24) is 4.98 Å². The van der Waals surface area contributed by atoms with Gasteiger partial charge in [0.1, 0.15) is 5.01 Å². The molecule has 0 fully saturated rings. The molecule has 3 nitrogen and oxygen atoms in total. The van der Waals surface area contributed by atoms with E-state index in [9.17, 15) is 4.79 Å². The lowest BCUT2D eigenvalue weighted by Gasteiger charge is -2.01. The van der Waals surface area contributed by atoms with Crippen molar-refractivity contribution in [2.24, 2.45) is 0 Å². The number of rotatable bonds is 3. The Morgan fingerprint density at radius 3 is 2.86 bits per heavy atom. The normalized spacial score (nSPS) is 11.1. The number of nitrogens with zero attached hydrogens (tertiary/aromatic N) is 1. The van der Waals surface area contributed by atoms with E-state index >= 15 is 0 Å². The summed E-state index contributed by atoms with van der Waals surface area (Å²) in [7, 11) is 0. The maximum absolute atomic E-state index is 11.8. The van der Waals surface area contributed by atoms with Gasteiger partial charge in [-0.2, -0.15) is 0 Å². The van der Waals surface area contributed by atoms with E-state index in [0.717, 1.165) is 15.2 Å². The predicted molar refractivity (Wildman–Crippen MR) is 88.7 cm³/mol. The fraction of sp³-hybridized carbons (Fsp3) is 0. The molecule has 104 valence electrons. The summed E-state index contributed by atoms with van der Waals surface area (Å²) in [5, 5.41) is 4.14. The van der Waals surface area contributed by atoms with Gasteiger partial charge in [-0.25, -0.2) is 4.98 Å². The van der Waals surface area contributed by atoms with Crippen molar-refractivity contribution in [1.29, 1.82) is 0 Å². The Morgan fingerprint density at radius 1 is 1.19 bits per heavy atom. The van der Waals surface area contributed by atoms with Gasteiger partial charge in [0.2, 0.25) is 5.91 Å². The Hall–Kier alpha value is -2.17. The van der Waals surface area contributed by atoms with Crippen LogP contribution in [0.1, 0.15) is 5.01 Å². The largest absolute Gasteiger partial charge is 0.322 e. The van der Waals surface area contributed by atoms with Crippen LogP contribution in [0.5, 0.6) is 0 Å². The number of aromatic nitrogens is 1. The first-order chi connectivity index (χ1) is 10.2. The van der Waals surface area contributed by atoms with E-state index < -0.39 is 0 Å². The minimum Gasteiger partial charge on any atom is -0.322 e. The first kappa shape index (κ1) is 13.8. The summed E-state index contributed by atoms with van der Waals surface area (Å²) in [6.07, 6.45) is 3.18. The molecule has 0 aliphatic rings. The molecule has 0 aliphatic carbocycles. The fourth-order valence-corrected chi connectivity index (χ4v) is 2.92. The molecule has 0 bridgehead atoms. The molecule has 3 rings (SSSR count). The third kappa shape index (κ3) is 3.48. The molecule has 5 heteroatoms. The standard InChI is InChI=1S/C16H11ClN2OS/c17-11-4-3-5-12(10-11)18-15(20)8-9-16-19-13-6-1-2-7-14(13)21-16/h1-10H,(H,18,20)/b9-8+. The number of benzene rings is 2. The number of carbonyl (C=O) groups is 1. The van der Waals surface area contributed by atoms with Crippen molar-refractivity contribution in [3.8, 4) is 0 Å². The topological polar surface area (TPSA) is 42.0 Å². The Balaban J connectivity index is 1.71. The van der Waals surface area contributed by atoms with Crippen LogP contribution in [0.3, 0.4) is 0 Å². The van der Waals surface area contributed by atoms with E-state index in [0.29, 0.717) is 10.7 Å². The van der Waals surface area contributed by atoms with Gasteiger partial charge in [0, 0.05) is 16.8 Å². The number of amides is 1. The first-order valence-corrected chi connectivity index (χ1v) is 7.50. The molecule has 0 saturated heterocycles.